The van der Waals surface area contributed by atoms with Crippen molar-refractivity contribution in [3.8, 4) is 0 Å². The number of fused-ring (bicyclic) bond motifs is 20. The highest BCUT2D eigenvalue weighted by molar-refractivity contribution is 6.03. The maximum Gasteiger partial charge on any atom is 0.226 e. The maximum atomic E-state index is 12.7. The lowest BCUT2D eigenvalue weighted by Gasteiger charge is -2.59. The molecule has 5 saturated carbocycles. The van der Waals surface area contributed by atoms with Gasteiger partial charge in [-0.05, 0) is 203 Å². The molecule has 16 aliphatic rings. The van der Waals surface area contributed by atoms with E-state index in [1.54, 1.807) is 5.48 Å². The molecule has 14 aliphatic carbocycles. The molecule has 11 N–H and O–H groups in total. The van der Waals surface area contributed by atoms with Gasteiger partial charge in [-0.1, -0.05) is 164 Å². The number of nitrogens with zero attached hydrogens (tertiary/aromatic N) is 9. The van der Waals surface area contributed by atoms with Crippen LogP contribution >= 0.6 is 0 Å². The van der Waals surface area contributed by atoms with Gasteiger partial charge in [0.2, 0.25) is 11.4 Å². The Hall–Kier alpha value is -9.75. The molecule has 23 rings (SSSR count). The number of Topliss-reactive ketones (excluding diaryl/α,β-unsaturated/α-hetero) is 4. The van der Waals surface area contributed by atoms with Crippen molar-refractivity contribution in [3.05, 3.63) is 192 Å². The van der Waals surface area contributed by atoms with E-state index in [9.17, 15) is 34.5 Å². The summed E-state index contributed by atoms with van der Waals surface area (Å²) in [7, 11) is 2.68. The first-order valence-electron chi connectivity index (χ1n) is 50.7. The van der Waals surface area contributed by atoms with Gasteiger partial charge < -0.3 is 48.8 Å². The van der Waals surface area contributed by atoms with Gasteiger partial charge in [-0.15, -0.1) is 0 Å². The zero-order valence-electron chi connectivity index (χ0n) is 86.4. The Balaban J connectivity index is 0.000000121. The zero-order valence-corrected chi connectivity index (χ0v) is 85.4. The van der Waals surface area contributed by atoms with Gasteiger partial charge >= 0.3 is 0 Å². The number of rotatable bonds is 0. The number of H-pyrrole nitrogens is 6. The Morgan fingerprint density at radius 1 is 0.401 bits per heavy atom. The first-order chi connectivity index (χ1) is 65.0. The Kier molecular flexibility index (Phi) is 26.4. The maximum absolute atomic E-state index is 12.7. The number of hydroxylamine groups is 1. The number of carbonyl (C=O) groups is 4. The van der Waals surface area contributed by atoms with Crippen molar-refractivity contribution in [3.63, 3.8) is 0 Å². The summed E-state index contributed by atoms with van der Waals surface area (Å²) in [5, 5.41) is 84.7. The minimum atomic E-state index is -0.530. The number of aliphatic hydroxyl groups is 3. The van der Waals surface area contributed by atoms with Crippen LogP contribution in [0, 0.1) is 92.5 Å². The number of carbonyl (C=O) groups excluding carboxylic acids is 4. The van der Waals surface area contributed by atoms with Crippen LogP contribution in [0.2, 0.25) is 0 Å². The van der Waals surface area contributed by atoms with Crippen LogP contribution in [0.5, 0.6) is 0 Å². The molecule has 0 aromatic carbocycles. The second-order valence-corrected chi connectivity index (χ2v) is 47.7. The molecule has 2 saturated heterocycles. The molecule has 0 amide bonds. The van der Waals surface area contributed by atoms with Crippen molar-refractivity contribution in [2.24, 2.45) is 79.3 Å². The molecule has 742 valence electrons. The number of hydrogen-bond donors (Lipinski definition) is 11. The van der Waals surface area contributed by atoms with E-state index >= 15 is 0 Å². The summed E-state index contributed by atoms with van der Waals surface area (Å²) in [5.41, 5.74) is 17.9. The van der Waals surface area contributed by atoms with E-state index in [2.05, 4.69) is 187 Å². The highest BCUT2D eigenvalue weighted by atomic mass is 16.7. The van der Waals surface area contributed by atoms with Gasteiger partial charge in [0.05, 0.1) is 95.5 Å². The largest absolute Gasteiger partial charge is 0.523 e. The molecule has 2 aliphatic heterocycles. The monoisotopic (exact) mass is 1880 g/mol. The lowest BCUT2D eigenvalue weighted by atomic mass is 9.48. The molecular weight excluding hydrogens is 1730 g/mol. The molecule has 7 aromatic heterocycles. The third-order valence-corrected chi connectivity index (χ3v) is 38.3. The van der Waals surface area contributed by atoms with Crippen molar-refractivity contribution in [1.29, 1.82) is 0 Å². The molecule has 29 heteroatoms. The molecule has 7 aromatic rings. The number of nitrogens with one attached hydrogen (secondary N) is 7. The molecule has 0 bridgehead atoms. The molecule has 0 radical (unpaired) electrons. The van der Waals surface area contributed by atoms with E-state index in [1.807, 2.05) is 84.1 Å². The minimum absolute atomic E-state index is 0.0204. The number of allylic oxidation sites excluding steroid dienone is 6. The van der Waals surface area contributed by atoms with Crippen LogP contribution in [-0.2, 0) is 121 Å². The zero-order chi connectivity index (χ0) is 100. The smallest absolute Gasteiger partial charge is 0.226 e. The topological polar surface area (TPSA) is 405 Å². The summed E-state index contributed by atoms with van der Waals surface area (Å²) in [5.74, 6) is 3.70. The molecule has 0 unspecified atom stereocenters. The predicted molar refractivity (Wildman–Crippen MR) is 519 cm³/mol. The summed E-state index contributed by atoms with van der Waals surface area (Å²) in [6.07, 6.45) is 39.1. The quantitative estimate of drug-likeness (QED) is 0.0291. The van der Waals surface area contributed by atoms with Gasteiger partial charge in [-0.2, -0.15) is 30.6 Å². The number of aromatic nitrogens is 13. The molecule has 137 heavy (non-hydrogen) atoms. The van der Waals surface area contributed by atoms with Gasteiger partial charge in [-0.25, -0.2) is 15.2 Å². The highest BCUT2D eigenvalue weighted by Crippen LogP contribution is 2.67. The van der Waals surface area contributed by atoms with Crippen molar-refractivity contribution >= 4 is 23.1 Å². The fraction of sp³-hybridized carbons (Fsp3) is 0.676. The fourth-order valence-electron chi connectivity index (χ4n) is 31.3. The van der Waals surface area contributed by atoms with Crippen LogP contribution in [-0.4, -0.2) is 155 Å². The van der Waals surface area contributed by atoms with Gasteiger partial charge in [0, 0.05) is 154 Å². The van der Waals surface area contributed by atoms with Gasteiger partial charge in [0.1, 0.15) is 17.3 Å². The van der Waals surface area contributed by atoms with Crippen LogP contribution in [0.4, 0.5) is 0 Å². The van der Waals surface area contributed by atoms with Gasteiger partial charge in [0.15, 0.2) is 28.9 Å². The van der Waals surface area contributed by atoms with Gasteiger partial charge in [0.25, 0.3) is 0 Å². The predicted octanol–water partition coefficient (Wildman–Crippen LogP) is 20.0. The number of hydrogen-bond acceptors (Lipinski definition) is 21. The molecule has 7 fully saturated rings. The fourth-order valence-corrected chi connectivity index (χ4v) is 31.3. The molecule has 9 heterocycles. The Morgan fingerprint density at radius 2 is 0.759 bits per heavy atom. The van der Waals surface area contributed by atoms with E-state index in [-0.39, 0.29) is 112 Å². The Bertz CT molecular complexity index is 5930. The number of aromatic amines is 6. The average molecular weight is 1880 g/mol. The van der Waals surface area contributed by atoms with E-state index < -0.39 is 22.0 Å². The van der Waals surface area contributed by atoms with Crippen molar-refractivity contribution in [2.45, 2.75) is 350 Å². The van der Waals surface area contributed by atoms with Crippen LogP contribution in [0.1, 0.15) is 336 Å². The standard InChI is InChI=1S/C16H24N2O2.C16H24O4.2C15H19N3O.C15H17N3O.C15H20N2O2.C14H20N2O.CH5NO.CH4/c1-14(2)12-5-4-11-10-17-18-13(11)15(12,3)6-7-16(14)19-8-9-20-16;1-14(2)12-5-4-11(10-17)13(18)15(12,3)6-7-16(14)19-8-9-20-16;1-14(2)11-5-4-9-7-16-18-12(9)15(11,3)6-10-8-17-19-13(10)14;2*1-14(2)11-6-5-9-8-17-18-12(9)15(11,3)7-10(16-4)13(14)19;1-14(2)11-5-4-9-7-16-17-12(9)15(11,3)6-10(8-18)13(14)19;1-13(2)10-5-4-9-8-15-16-12(9)14(10,3)7-6-11(13)17;1-2-3;/h10,12H,4-9H2,1-3H3,(H,17,18);10,12,17H,4-9H2,1-3H3;7-8,11H,4-6H2,1-3H3,(H,16,18);8,11,19H,5-7H2,1-3H3,(H,17,18);7-8,11H,5-6H2,1-3H3,(H,17,18);7-8,11,18H,4-6H2,1-3H3,(H,16,17);8,10H,4-7H2,1-3H3,(H,15,16);2-3H,1H3;1H4/b;11-10+;;;;10-8-;;;/t2*12-,15-;4*11-,15-;10-,14-;;/m0000000../s1/i;;;;;;;;1T. The normalized spacial score (nSPS) is 34.2. The van der Waals surface area contributed by atoms with Crippen LogP contribution in [0.25, 0.3) is 9.69 Å². The number of aryl methyl sites for hydroxylation is 6. The van der Waals surface area contributed by atoms with Gasteiger partial charge in [-0.3, -0.25) is 45.0 Å². The average Bonchev–Trinajstić information content (AvgIpc) is 1.29. The Labute approximate surface area is 809 Å². The third kappa shape index (κ3) is 15.8. The molecule has 14 atom stereocenters. The number of aliphatic hydroxyl groups excluding tert-OH is 3. The summed E-state index contributed by atoms with van der Waals surface area (Å²) in [4.78, 5) is 56.7. The molecule has 29 nitrogen and oxygen atoms in total. The second-order valence-electron chi connectivity index (χ2n) is 47.7. The first-order valence-corrected chi connectivity index (χ1v) is 49.7. The number of ether oxygens (including phenoxy) is 4. The third-order valence-electron chi connectivity index (χ3n) is 38.3. The summed E-state index contributed by atoms with van der Waals surface area (Å²) >= 11 is 0. The van der Waals surface area contributed by atoms with Crippen LogP contribution in [0.3, 0.4) is 0 Å². The summed E-state index contributed by atoms with van der Waals surface area (Å²) in [6, 6.07) is 0. The van der Waals surface area contributed by atoms with Crippen molar-refractivity contribution < 1.29 is 64.5 Å². The van der Waals surface area contributed by atoms with Crippen LogP contribution < -0.4 is 5.48 Å². The summed E-state index contributed by atoms with van der Waals surface area (Å²) < 4.78 is 35.5. The van der Waals surface area contributed by atoms with E-state index in [0.717, 1.165) is 158 Å². The highest BCUT2D eigenvalue weighted by Gasteiger charge is 2.68. The van der Waals surface area contributed by atoms with Crippen molar-refractivity contribution in [1.82, 2.24) is 71.8 Å². The second kappa shape index (κ2) is 36.1. The molecular formula is C108H152N16O13. The van der Waals surface area contributed by atoms with E-state index in [1.165, 1.54) is 83.3 Å². The SMILES string of the molecule is CC1(C)C(=O)/C(=C\O)C[C@]2(C)c3[nH]ncc3CC[C@@H]12.CC1(C)C(=O)CC[C@]2(C)c3[nH]ncc3CC[C@@H]12.CC1(C)[C@@H]2CC/C(=C\O)C(=O)[C@@]2(C)CCC12OCCO2.CC1(C)[C@@H]2CCc3cn[nH]c3[C@@]2(C)CCC12OCCO2.CC1(C)c2oncc2C[C@]2(C)c3[nH]ncc3CC[C@@H]12.CNO.[3H]C.[C-]#[N+]C1=C(O)C(C)(C)[C@@H]2CCc3cn[nH]c3[C@@]2(C)C1.[C-]#[N+]C1=C[C@]2(C)c3[nH]ncc3CC[C@H]2C(C)(C)C1=O. The minimum Gasteiger partial charge on any atom is -0.523 e. The number of ketones is 4. The van der Waals surface area contributed by atoms with E-state index in [0.29, 0.717) is 85.2 Å². The van der Waals surface area contributed by atoms with Crippen LogP contribution in [0.15, 0.2) is 94.8 Å². The Morgan fingerprint density at radius 3 is 1.20 bits per heavy atom. The van der Waals surface area contributed by atoms with E-state index in [4.69, 9.17) is 43.2 Å². The summed E-state index contributed by atoms with van der Waals surface area (Å²) in [6.45, 7) is 62.9. The van der Waals surface area contributed by atoms with Crippen molar-refractivity contribution in [2.75, 3.05) is 33.5 Å². The molecule has 2 spiro atoms. The lowest BCUT2D eigenvalue weighted by Crippen LogP contribution is -2.61. The lowest BCUT2D eigenvalue weighted by molar-refractivity contribution is -0.281. The first kappa shape index (κ1) is 100.